The zero-order chi connectivity index (χ0) is 17.4. The van der Waals surface area contributed by atoms with Gasteiger partial charge in [0.15, 0.2) is 0 Å². The van der Waals surface area contributed by atoms with Gasteiger partial charge in [-0.1, -0.05) is 52.3 Å². The first kappa shape index (κ1) is 15.6. The van der Waals surface area contributed by atoms with E-state index in [9.17, 15) is 10.1 Å². The van der Waals surface area contributed by atoms with Crippen LogP contribution in [0.2, 0.25) is 0 Å². The quantitative estimate of drug-likeness (QED) is 0.318. The van der Waals surface area contributed by atoms with Gasteiger partial charge >= 0.3 is 0 Å². The molecule has 0 aliphatic carbocycles. The number of nitro benzene ring substituents is 1. The third-order valence-corrected chi connectivity index (χ3v) is 4.69. The van der Waals surface area contributed by atoms with Crippen LogP contribution in [-0.4, -0.2) is 9.49 Å². The molecule has 4 nitrogen and oxygen atoms in total. The smallest absolute Gasteiger partial charge is 0.277 e. The molecule has 122 valence electrons. The number of para-hydroxylation sites is 2. The van der Waals surface area contributed by atoms with Crippen LogP contribution in [0, 0.1) is 10.1 Å². The van der Waals surface area contributed by atoms with Crippen LogP contribution in [0.1, 0.15) is 0 Å². The number of hydrogen-bond donors (Lipinski definition) is 0. The van der Waals surface area contributed by atoms with Gasteiger partial charge in [0.2, 0.25) is 0 Å². The fraction of sp³-hybridized carbons (Fsp3) is 0. The van der Waals surface area contributed by atoms with E-state index in [-0.39, 0.29) is 10.6 Å². The highest BCUT2D eigenvalue weighted by molar-refractivity contribution is 9.10. The van der Waals surface area contributed by atoms with Gasteiger partial charge in [-0.05, 0) is 30.3 Å². The molecular formula is C20H13BrN2O2. The first-order valence-electron chi connectivity index (χ1n) is 7.75. The molecule has 1 aromatic heterocycles. The van der Waals surface area contributed by atoms with Crippen molar-refractivity contribution in [3.63, 3.8) is 0 Å². The Labute approximate surface area is 152 Å². The van der Waals surface area contributed by atoms with Crippen LogP contribution in [0.25, 0.3) is 27.7 Å². The number of nitrogens with zero attached hydrogens (tertiary/aromatic N) is 2. The Balaban J connectivity index is 2.05. The average Bonchev–Trinajstić information content (AvgIpc) is 3.02. The Kier molecular flexibility index (Phi) is 3.86. The van der Waals surface area contributed by atoms with Crippen LogP contribution >= 0.6 is 15.9 Å². The van der Waals surface area contributed by atoms with E-state index in [1.165, 1.54) is 6.07 Å². The molecule has 0 unspecified atom stereocenters. The molecule has 5 heteroatoms. The van der Waals surface area contributed by atoms with Crippen molar-refractivity contribution in [1.82, 2.24) is 4.57 Å². The molecule has 4 rings (SSSR count). The minimum absolute atomic E-state index is 0.0964. The monoisotopic (exact) mass is 392 g/mol. The zero-order valence-electron chi connectivity index (χ0n) is 13.1. The van der Waals surface area contributed by atoms with E-state index in [1.807, 2.05) is 60.8 Å². The number of nitro groups is 1. The van der Waals surface area contributed by atoms with Crippen LogP contribution < -0.4 is 0 Å². The highest BCUT2D eigenvalue weighted by Crippen LogP contribution is 2.38. The first-order chi connectivity index (χ1) is 12.1. The second kappa shape index (κ2) is 6.18. The molecule has 25 heavy (non-hydrogen) atoms. The number of hydrogen-bond acceptors (Lipinski definition) is 2. The third-order valence-electron chi connectivity index (χ3n) is 4.19. The number of halogens is 1. The van der Waals surface area contributed by atoms with Gasteiger partial charge in [-0.3, -0.25) is 10.1 Å². The van der Waals surface area contributed by atoms with Crippen LogP contribution in [0.4, 0.5) is 5.69 Å². The van der Waals surface area contributed by atoms with E-state index in [0.717, 1.165) is 26.6 Å². The summed E-state index contributed by atoms with van der Waals surface area (Å²) in [5.74, 6) is 0. The second-order valence-corrected chi connectivity index (χ2v) is 6.60. The van der Waals surface area contributed by atoms with E-state index in [0.29, 0.717) is 5.56 Å². The molecule has 0 aliphatic heterocycles. The van der Waals surface area contributed by atoms with Crippen LogP contribution in [-0.2, 0) is 0 Å². The molecule has 0 fully saturated rings. The predicted molar refractivity (Wildman–Crippen MR) is 103 cm³/mol. The summed E-state index contributed by atoms with van der Waals surface area (Å²) >= 11 is 3.43. The van der Waals surface area contributed by atoms with Crippen LogP contribution in [0.15, 0.2) is 83.5 Å². The first-order valence-corrected chi connectivity index (χ1v) is 8.54. The van der Waals surface area contributed by atoms with Gasteiger partial charge in [-0.15, -0.1) is 0 Å². The predicted octanol–water partition coefficient (Wildman–Crippen LogP) is 5.97. The highest BCUT2D eigenvalue weighted by Gasteiger charge is 2.20. The second-order valence-electron chi connectivity index (χ2n) is 5.68. The van der Waals surface area contributed by atoms with E-state index in [4.69, 9.17) is 0 Å². The summed E-state index contributed by atoms with van der Waals surface area (Å²) in [6.45, 7) is 0. The lowest BCUT2D eigenvalue weighted by Gasteiger charge is -2.04. The van der Waals surface area contributed by atoms with Crippen molar-refractivity contribution in [3.05, 3.63) is 93.6 Å². The summed E-state index contributed by atoms with van der Waals surface area (Å²) in [4.78, 5) is 11.2. The maximum atomic E-state index is 11.5. The van der Waals surface area contributed by atoms with Crippen molar-refractivity contribution in [2.75, 3.05) is 0 Å². The lowest BCUT2D eigenvalue weighted by molar-refractivity contribution is -0.384. The largest absolute Gasteiger partial charge is 0.316 e. The van der Waals surface area contributed by atoms with Crippen molar-refractivity contribution in [3.8, 4) is 16.8 Å². The van der Waals surface area contributed by atoms with E-state index in [2.05, 4.69) is 20.5 Å². The lowest BCUT2D eigenvalue weighted by Crippen LogP contribution is -1.92. The Morgan fingerprint density at radius 2 is 1.60 bits per heavy atom. The molecule has 0 radical (unpaired) electrons. The summed E-state index contributed by atoms with van der Waals surface area (Å²) in [6.07, 6.45) is 1.97. The van der Waals surface area contributed by atoms with Crippen molar-refractivity contribution >= 4 is 32.5 Å². The van der Waals surface area contributed by atoms with Crippen LogP contribution in [0.5, 0.6) is 0 Å². The molecule has 0 saturated heterocycles. The molecule has 0 N–H and O–H groups in total. The Bertz CT molecular complexity index is 1090. The van der Waals surface area contributed by atoms with Gasteiger partial charge in [0.05, 0.1) is 16.0 Å². The Hall–Kier alpha value is -2.92. The molecule has 1 heterocycles. The molecule has 0 saturated carbocycles. The number of rotatable bonds is 3. The molecule has 0 bridgehead atoms. The maximum Gasteiger partial charge on any atom is 0.277 e. The summed E-state index contributed by atoms with van der Waals surface area (Å²) in [6, 6.07) is 22.9. The van der Waals surface area contributed by atoms with E-state index in [1.54, 1.807) is 12.1 Å². The summed E-state index contributed by atoms with van der Waals surface area (Å²) in [7, 11) is 0. The van der Waals surface area contributed by atoms with Crippen molar-refractivity contribution in [1.29, 1.82) is 0 Å². The fourth-order valence-electron chi connectivity index (χ4n) is 3.08. The molecule has 4 aromatic rings. The molecular weight excluding hydrogens is 380 g/mol. The van der Waals surface area contributed by atoms with Gasteiger partial charge in [-0.25, -0.2) is 0 Å². The molecule has 0 aliphatic rings. The van der Waals surface area contributed by atoms with Gasteiger partial charge in [0.25, 0.3) is 5.69 Å². The minimum Gasteiger partial charge on any atom is -0.316 e. The highest BCUT2D eigenvalue weighted by atomic mass is 79.9. The van der Waals surface area contributed by atoms with E-state index >= 15 is 0 Å². The summed E-state index contributed by atoms with van der Waals surface area (Å²) in [5, 5.41) is 12.5. The molecule has 3 aromatic carbocycles. The summed E-state index contributed by atoms with van der Waals surface area (Å²) in [5.41, 5.74) is 3.57. The topological polar surface area (TPSA) is 48.1 Å². The number of aromatic nitrogens is 1. The fourth-order valence-corrected chi connectivity index (χ4v) is 3.44. The Morgan fingerprint density at radius 1 is 0.880 bits per heavy atom. The zero-order valence-corrected chi connectivity index (χ0v) is 14.7. The van der Waals surface area contributed by atoms with Gasteiger partial charge in [0, 0.05) is 33.4 Å². The molecule has 0 amide bonds. The van der Waals surface area contributed by atoms with Crippen LogP contribution in [0.3, 0.4) is 0 Å². The van der Waals surface area contributed by atoms with Crippen molar-refractivity contribution in [2.24, 2.45) is 0 Å². The van der Waals surface area contributed by atoms with Gasteiger partial charge in [0.1, 0.15) is 0 Å². The number of fused-ring (bicyclic) bond motifs is 1. The van der Waals surface area contributed by atoms with Crippen molar-refractivity contribution in [2.45, 2.75) is 0 Å². The number of benzene rings is 3. The average molecular weight is 393 g/mol. The summed E-state index contributed by atoms with van der Waals surface area (Å²) < 4.78 is 2.87. The molecule has 0 atom stereocenters. The van der Waals surface area contributed by atoms with Crippen molar-refractivity contribution < 1.29 is 4.92 Å². The Morgan fingerprint density at radius 3 is 2.36 bits per heavy atom. The van der Waals surface area contributed by atoms with Gasteiger partial charge in [-0.2, -0.15) is 0 Å². The SMILES string of the molecule is O=[N+]([O-])c1ccc(Br)cc1-c1cn(-c2ccccc2)c2ccccc12. The standard InChI is InChI=1S/C20H13BrN2O2/c21-14-10-11-20(23(24)25)17(12-14)18-13-22(15-6-2-1-3-7-15)19-9-5-4-8-16(18)19/h1-13H. The lowest BCUT2D eigenvalue weighted by atomic mass is 10.0. The molecule has 0 spiro atoms. The van der Waals surface area contributed by atoms with Gasteiger partial charge < -0.3 is 4.57 Å². The maximum absolute atomic E-state index is 11.5. The normalized spacial score (nSPS) is 10.9. The van der Waals surface area contributed by atoms with E-state index < -0.39 is 0 Å². The third kappa shape index (κ3) is 2.72. The minimum atomic E-state index is -0.337.